The van der Waals surface area contributed by atoms with E-state index in [4.69, 9.17) is 6.42 Å². The molecule has 0 saturated carbocycles. The fourth-order valence-electron chi connectivity index (χ4n) is 2.05. The fourth-order valence-corrected chi connectivity index (χ4v) is 2.05. The van der Waals surface area contributed by atoms with Crippen molar-refractivity contribution in [3.63, 3.8) is 0 Å². The molecule has 0 N–H and O–H groups in total. The van der Waals surface area contributed by atoms with E-state index in [1.165, 1.54) is 7.05 Å². The van der Waals surface area contributed by atoms with E-state index >= 15 is 0 Å². The Labute approximate surface area is 108 Å². The minimum absolute atomic E-state index is 0.511. The number of benzene rings is 1. The number of rotatable bonds is 3. The summed E-state index contributed by atoms with van der Waals surface area (Å²) in [6, 6.07) is 3.62. The molecule has 1 rings (SSSR count). The average molecular weight is 245 g/mol. The van der Waals surface area contributed by atoms with E-state index in [-0.39, 0.29) is 0 Å². The second-order valence-electron chi connectivity index (χ2n) is 4.31. The second kappa shape index (κ2) is 5.46. The molecule has 4 heteroatoms. The Balaban J connectivity index is 3.21. The monoisotopic (exact) mass is 245 g/mol. The van der Waals surface area contributed by atoms with Gasteiger partial charge in [-0.1, -0.05) is 5.92 Å². The Morgan fingerprint density at radius 1 is 1.33 bits per heavy atom. The molecule has 0 saturated heterocycles. The molecule has 4 nitrogen and oxygen atoms in total. The highest BCUT2D eigenvalue weighted by atomic mass is 16.4. The number of amides is 1. The molecule has 0 bridgehead atoms. The number of aryl methyl sites for hydroxylation is 2. The van der Waals surface area contributed by atoms with Gasteiger partial charge >= 0.3 is 0 Å². The van der Waals surface area contributed by atoms with Crippen LogP contribution in [0.2, 0.25) is 0 Å². The highest BCUT2D eigenvalue weighted by Crippen LogP contribution is 2.28. The van der Waals surface area contributed by atoms with Crippen molar-refractivity contribution in [1.29, 1.82) is 0 Å². The quantitative estimate of drug-likeness (QED) is 0.751. The fraction of sp³-hybridized carbons (Fsp3) is 0.357. The van der Waals surface area contributed by atoms with E-state index in [1.807, 2.05) is 37.9 Å². The summed E-state index contributed by atoms with van der Waals surface area (Å²) >= 11 is 0. The van der Waals surface area contributed by atoms with E-state index in [0.29, 0.717) is 12.2 Å². The van der Waals surface area contributed by atoms with Gasteiger partial charge in [0.25, 0.3) is 0 Å². The standard InChI is InChI=1S/C14H18N2O2/c1-6-7-15(4)13-10(2)8-12(9-11(13)3)16(5)14(17)18/h1,8-9H,7H2,2-5H3,(H,17,18)/p-1. The van der Waals surface area contributed by atoms with Crippen LogP contribution in [0.25, 0.3) is 0 Å². The van der Waals surface area contributed by atoms with Gasteiger partial charge in [-0.05, 0) is 37.1 Å². The average Bonchev–Trinajstić information content (AvgIpc) is 2.27. The van der Waals surface area contributed by atoms with Gasteiger partial charge in [-0.3, -0.25) is 0 Å². The van der Waals surface area contributed by atoms with E-state index in [2.05, 4.69) is 5.92 Å². The van der Waals surface area contributed by atoms with Crippen molar-refractivity contribution in [2.45, 2.75) is 13.8 Å². The summed E-state index contributed by atoms with van der Waals surface area (Å²) in [4.78, 5) is 13.9. The van der Waals surface area contributed by atoms with Crippen LogP contribution in [-0.4, -0.2) is 26.7 Å². The largest absolute Gasteiger partial charge is 0.530 e. The molecule has 0 spiro atoms. The summed E-state index contributed by atoms with van der Waals surface area (Å²) < 4.78 is 0. The second-order valence-corrected chi connectivity index (χ2v) is 4.31. The van der Waals surface area contributed by atoms with Gasteiger partial charge in [0, 0.05) is 25.5 Å². The van der Waals surface area contributed by atoms with Crippen molar-refractivity contribution in [3.8, 4) is 12.3 Å². The number of terminal acetylenes is 1. The number of anilines is 2. The molecular formula is C14H17N2O2-. The molecule has 1 amide bonds. The Kier molecular flexibility index (Phi) is 4.22. The first-order valence-corrected chi connectivity index (χ1v) is 5.59. The summed E-state index contributed by atoms with van der Waals surface area (Å²) in [5, 5.41) is 10.8. The lowest BCUT2D eigenvalue weighted by Crippen LogP contribution is -2.38. The van der Waals surface area contributed by atoms with Gasteiger partial charge in [0.05, 0.1) is 6.54 Å². The Morgan fingerprint density at radius 3 is 2.22 bits per heavy atom. The molecule has 0 aromatic heterocycles. The Morgan fingerprint density at radius 2 is 1.83 bits per heavy atom. The smallest absolute Gasteiger partial charge is 0.141 e. The Bertz CT molecular complexity index is 480. The number of carbonyl (C=O) groups is 1. The minimum Gasteiger partial charge on any atom is -0.530 e. The number of carboxylic acid groups (broad SMARTS) is 1. The number of carbonyl (C=O) groups excluding carboxylic acids is 1. The lowest BCUT2D eigenvalue weighted by Gasteiger charge is -2.25. The maximum Gasteiger partial charge on any atom is 0.141 e. The molecule has 0 radical (unpaired) electrons. The zero-order valence-corrected chi connectivity index (χ0v) is 11.2. The molecule has 0 aliphatic carbocycles. The first kappa shape index (κ1) is 13.9. The molecule has 0 unspecified atom stereocenters. The summed E-state index contributed by atoms with van der Waals surface area (Å²) in [6.45, 7) is 4.38. The predicted molar refractivity (Wildman–Crippen MR) is 71.8 cm³/mol. The van der Waals surface area contributed by atoms with Crippen LogP contribution >= 0.6 is 0 Å². The van der Waals surface area contributed by atoms with Gasteiger partial charge < -0.3 is 19.7 Å². The molecule has 0 heterocycles. The summed E-state index contributed by atoms with van der Waals surface area (Å²) in [5.74, 6) is 2.59. The molecule has 0 fully saturated rings. The molecule has 96 valence electrons. The van der Waals surface area contributed by atoms with Crippen LogP contribution in [-0.2, 0) is 0 Å². The van der Waals surface area contributed by atoms with Gasteiger partial charge in [0.2, 0.25) is 0 Å². The maximum atomic E-state index is 10.8. The molecular weight excluding hydrogens is 228 g/mol. The third-order valence-corrected chi connectivity index (χ3v) is 2.85. The van der Waals surface area contributed by atoms with Crippen molar-refractivity contribution in [2.75, 3.05) is 30.4 Å². The molecule has 18 heavy (non-hydrogen) atoms. The first-order valence-electron chi connectivity index (χ1n) is 5.59. The van der Waals surface area contributed by atoms with E-state index < -0.39 is 6.09 Å². The van der Waals surface area contributed by atoms with Gasteiger partial charge in [-0.25, -0.2) is 0 Å². The highest BCUT2D eigenvalue weighted by molar-refractivity contribution is 5.85. The van der Waals surface area contributed by atoms with Crippen molar-refractivity contribution in [2.24, 2.45) is 0 Å². The van der Waals surface area contributed by atoms with Crippen LogP contribution in [0.15, 0.2) is 12.1 Å². The van der Waals surface area contributed by atoms with Crippen molar-refractivity contribution in [3.05, 3.63) is 23.3 Å². The highest BCUT2D eigenvalue weighted by Gasteiger charge is 2.11. The number of hydrogen-bond donors (Lipinski definition) is 0. The molecule has 1 aromatic rings. The zero-order valence-electron chi connectivity index (χ0n) is 11.2. The summed E-state index contributed by atoms with van der Waals surface area (Å²) in [5.41, 5.74) is 3.60. The zero-order chi connectivity index (χ0) is 13.9. The third kappa shape index (κ3) is 2.75. The minimum atomic E-state index is -1.22. The third-order valence-electron chi connectivity index (χ3n) is 2.85. The topological polar surface area (TPSA) is 46.6 Å². The Hall–Kier alpha value is -2.15. The molecule has 1 aromatic carbocycles. The number of nitrogens with zero attached hydrogens (tertiary/aromatic N) is 2. The van der Waals surface area contributed by atoms with Crippen molar-refractivity contribution >= 4 is 17.5 Å². The van der Waals surface area contributed by atoms with Gasteiger partial charge in [-0.2, -0.15) is 0 Å². The lowest BCUT2D eigenvalue weighted by atomic mass is 10.1. The van der Waals surface area contributed by atoms with Crippen LogP contribution in [0.5, 0.6) is 0 Å². The first-order chi connectivity index (χ1) is 8.38. The van der Waals surface area contributed by atoms with Gasteiger partial charge in [0.1, 0.15) is 6.09 Å². The van der Waals surface area contributed by atoms with E-state index in [9.17, 15) is 9.90 Å². The predicted octanol–water partition coefficient (Wildman–Crippen LogP) is 1.15. The van der Waals surface area contributed by atoms with Crippen molar-refractivity contribution in [1.82, 2.24) is 0 Å². The van der Waals surface area contributed by atoms with E-state index in [1.54, 1.807) is 0 Å². The number of hydrogen-bond acceptors (Lipinski definition) is 3. The molecule has 0 atom stereocenters. The van der Waals surface area contributed by atoms with Crippen molar-refractivity contribution < 1.29 is 9.90 Å². The van der Waals surface area contributed by atoms with Crippen LogP contribution in [0, 0.1) is 26.2 Å². The van der Waals surface area contributed by atoms with Crippen LogP contribution in [0.1, 0.15) is 11.1 Å². The van der Waals surface area contributed by atoms with Gasteiger partial charge in [0.15, 0.2) is 0 Å². The summed E-state index contributed by atoms with van der Waals surface area (Å²) in [7, 11) is 3.38. The van der Waals surface area contributed by atoms with E-state index in [0.717, 1.165) is 21.7 Å². The van der Waals surface area contributed by atoms with Crippen LogP contribution in [0.3, 0.4) is 0 Å². The summed E-state index contributed by atoms with van der Waals surface area (Å²) in [6.07, 6.45) is 4.08. The molecule has 0 aliphatic rings. The normalized spacial score (nSPS) is 9.72. The van der Waals surface area contributed by atoms with Crippen LogP contribution in [0.4, 0.5) is 16.2 Å². The lowest BCUT2D eigenvalue weighted by molar-refractivity contribution is -0.246. The van der Waals surface area contributed by atoms with Gasteiger partial charge in [-0.15, -0.1) is 6.42 Å². The SMILES string of the molecule is C#CCN(C)c1c(C)cc(N(C)C(=O)[O-])cc1C. The maximum absolute atomic E-state index is 10.8. The van der Waals surface area contributed by atoms with Crippen LogP contribution < -0.4 is 14.9 Å². The molecule has 0 aliphatic heterocycles.